The van der Waals surface area contributed by atoms with Crippen molar-refractivity contribution in [3.63, 3.8) is 0 Å². The number of alkyl halides is 5. The van der Waals surface area contributed by atoms with Gasteiger partial charge in [0.05, 0.1) is 24.4 Å². The number of esters is 1. The molecule has 3 atom stereocenters. The van der Waals surface area contributed by atoms with Crippen LogP contribution >= 0.6 is 0 Å². The average Bonchev–Trinajstić information content (AvgIpc) is 3.44. The predicted molar refractivity (Wildman–Crippen MR) is 133 cm³/mol. The number of pyridine rings is 1. The summed E-state index contributed by atoms with van der Waals surface area (Å²) >= 11 is 0. The average molecular weight is 608 g/mol. The molecule has 1 N–H and O–H groups in total. The lowest BCUT2D eigenvalue weighted by molar-refractivity contribution is -0.286. The summed E-state index contributed by atoms with van der Waals surface area (Å²) < 4.78 is 95.4. The summed E-state index contributed by atoms with van der Waals surface area (Å²) in [6, 6.07) is 8.10. The molecule has 0 spiro atoms. The van der Waals surface area contributed by atoms with E-state index >= 15 is 0 Å². The molecule has 1 amide bonds. The molecular formula is C28H21F5N2O8. The summed E-state index contributed by atoms with van der Waals surface area (Å²) in [6.07, 6.45) is -8.32. The molecule has 43 heavy (non-hydrogen) atoms. The summed E-state index contributed by atoms with van der Waals surface area (Å²) in [5.74, 6) is -2.05. The summed E-state index contributed by atoms with van der Waals surface area (Å²) in [5.41, 5.74) is -0.228. The Bertz CT molecular complexity index is 1610. The van der Waals surface area contributed by atoms with E-state index in [4.69, 9.17) is 9.47 Å². The van der Waals surface area contributed by atoms with Gasteiger partial charge >= 0.3 is 18.6 Å². The number of amides is 1. The maximum atomic E-state index is 13.8. The normalized spacial score (nSPS) is 22.9. The van der Waals surface area contributed by atoms with Crippen molar-refractivity contribution in [1.29, 1.82) is 0 Å². The van der Waals surface area contributed by atoms with Crippen molar-refractivity contribution in [3.8, 4) is 28.7 Å². The number of carbonyl (C=O) groups is 2. The number of carbonyl (C=O) groups excluding carboxylic acids is 2. The van der Waals surface area contributed by atoms with E-state index in [9.17, 15) is 31.5 Å². The summed E-state index contributed by atoms with van der Waals surface area (Å²) in [7, 11) is 1.21. The van der Waals surface area contributed by atoms with Crippen molar-refractivity contribution in [3.05, 3.63) is 71.0 Å². The van der Waals surface area contributed by atoms with Gasteiger partial charge in [0.2, 0.25) is 5.91 Å². The first-order chi connectivity index (χ1) is 20.2. The third-order valence-corrected chi connectivity index (χ3v) is 7.27. The van der Waals surface area contributed by atoms with E-state index in [1.54, 1.807) is 6.92 Å². The van der Waals surface area contributed by atoms with Crippen LogP contribution in [0.2, 0.25) is 0 Å². The Kier molecular flexibility index (Phi) is 6.50. The minimum absolute atomic E-state index is 0.000898. The van der Waals surface area contributed by atoms with E-state index in [2.05, 4.69) is 29.2 Å². The zero-order valence-corrected chi connectivity index (χ0v) is 22.3. The molecule has 0 bridgehead atoms. The van der Waals surface area contributed by atoms with E-state index in [1.807, 2.05) is 0 Å². The molecular weight excluding hydrogens is 587 g/mol. The number of ether oxygens (including phenoxy) is 6. The molecule has 6 rings (SSSR count). The molecule has 10 nitrogen and oxygen atoms in total. The van der Waals surface area contributed by atoms with Crippen molar-refractivity contribution in [2.24, 2.45) is 0 Å². The molecule has 4 heterocycles. The summed E-state index contributed by atoms with van der Waals surface area (Å²) in [6.45, 7) is 1.42. The fourth-order valence-electron chi connectivity index (χ4n) is 5.13. The number of aromatic nitrogens is 1. The van der Waals surface area contributed by atoms with Crippen LogP contribution in [0.3, 0.4) is 0 Å². The Morgan fingerprint density at radius 2 is 1.77 bits per heavy atom. The number of nitrogens with one attached hydrogen (secondary N) is 1. The van der Waals surface area contributed by atoms with Crippen molar-refractivity contribution in [2.45, 2.75) is 43.6 Å². The monoisotopic (exact) mass is 608 g/mol. The third kappa shape index (κ3) is 5.30. The van der Waals surface area contributed by atoms with Gasteiger partial charge in [0.15, 0.2) is 11.5 Å². The van der Waals surface area contributed by atoms with Gasteiger partial charge in [-0.1, -0.05) is 0 Å². The molecule has 15 heteroatoms. The fraction of sp³-hybridized carbons (Fsp3) is 0.321. The fourth-order valence-corrected chi connectivity index (χ4v) is 5.13. The zero-order chi connectivity index (χ0) is 30.7. The van der Waals surface area contributed by atoms with Gasteiger partial charge < -0.3 is 33.7 Å². The van der Waals surface area contributed by atoms with E-state index in [0.29, 0.717) is 11.3 Å². The second-order valence-electron chi connectivity index (χ2n) is 10.2. The maximum Gasteiger partial charge on any atom is 0.586 e. The quantitative estimate of drug-likeness (QED) is 0.312. The molecule has 0 saturated carbocycles. The lowest BCUT2D eigenvalue weighted by atomic mass is 9.82. The van der Waals surface area contributed by atoms with Crippen LogP contribution in [-0.2, 0) is 14.9 Å². The Labute approximate surface area is 239 Å². The minimum atomic E-state index is -4.95. The van der Waals surface area contributed by atoms with E-state index < -0.39 is 47.8 Å². The van der Waals surface area contributed by atoms with Gasteiger partial charge in [-0.15, -0.1) is 22.0 Å². The highest BCUT2D eigenvalue weighted by Gasteiger charge is 2.49. The third-order valence-electron chi connectivity index (χ3n) is 7.27. The second kappa shape index (κ2) is 9.88. The Morgan fingerprint density at radius 1 is 1.02 bits per heavy atom. The number of nitrogens with zero attached hydrogens (tertiary/aromatic N) is 1. The van der Waals surface area contributed by atoms with Gasteiger partial charge in [-0.3, -0.25) is 9.78 Å². The van der Waals surface area contributed by atoms with Gasteiger partial charge in [0.25, 0.3) is 0 Å². The minimum Gasteiger partial charge on any atom is -0.492 e. The van der Waals surface area contributed by atoms with Crippen LogP contribution in [0, 0.1) is 0 Å². The van der Waals surface area contributed by atoms with Crippen molar-refractivity contribution >= 4 is 11.9 Å². The lowest BCUT2D eigenvalue weighted by Gasteiger charge is -2.34. The van der Waals surface area contributed by atoms with Crippen LogP contribution in [0.5, 0.6) is 28.7 Å². The van der Waals surface area contributed by atoms with Gasteiger partial charge in [-0.2, -0.15) is 0 Å². The Morgan fingerprint density at radius 3 is 2.44 bits per heavy atom. The van der Waals surface area contributed by atoms with Crippen LogP contribution in [0.15, 0.2) is 48.7 Å². The van der Waals surface area contributed by atoms with Crippen molar-refractivity contribution in [1.82, 2.24) is 10.3 Å². The van der Waals surface area contributed by atoms with Crippen molar-refractivity contribution < 1.29 is 60.0 Å². The molecule has 0 unspecified atom stereocenters. The van der Waals surface area contributed by atoms with Crippen LogP contribution < -0.4 is 29.0 Å². The first-order valence-corrected chi connectivity index (χ1v) is 12.7. The molecule has 3 aromatic rings. The standard InChI is InChI=1S/C28H21F5N2O8/c1-26(12-39-20-10-23-22(8-16(20)26)42-28(32,33)43-23)25(37)35-18-9-21(17-6-3-13(11-34-17)24(36)38-2)40-19-7-14(4-5-15(18)19)41-27(29,30)31/h3-8,10-11,18,21H,9,12H2,1-2H3,(H,35,37)/t18-,21-,26+/m1/s1. The molecule has 0 radical (unpaired) electrons. The molecule has 3 aliphatic rings. The Hall–Kier alpha value is -4.82. The predicted octanol–water partition coefficient (Wildman–Crippen LogP) is 5.12. The zero-order valence-electron chi connectivity index (χ0n) is 22.3. The van der Waals surface area contributed by atoms with E-state index in [1.165, 1.54) is 43.6 Å². The summed E-state index contributed by atoms with van der Waals surface area (Å²) in [4.78, 5) is 29.9. The molecule has 0 saturated heterocycles. The number of methoxy groups -OCH3 is 1. The van der Waals surface area contributed by atoms with Crippen LogP contribution in [0.25, 0.3) is 0 Å². The van der Waals surface area contributed by atoms with Crippen molar-refractivity contribution in [2.75, 3.05) is 13.7 Å². The van der Waals surface area contributed by atoms with E-state index in [-0.39, 0.29) is 47.2 Å². The lowest BCUT2D eigenvalue weighted by Crippen LogP contribution is -2.46. The first-order valence-electron chi connectivity index (χ1n) is 12.7. The first kappa shape index (κ1) is 28.3. The van der Waals surface area contributed by atoms with Gasteiger partial charge in [-0.05, 0) is 37.3 Å². The number of benzene rings is 2. The number of hydrogen-bond acceptors (Lipinski definition) is 9. The number of hydrogen-bond donors (Lipinski definition) is 1. The number of halogens is 5. The van der Waals surface area contributed by atoms with Crippen LogP contribution in [0.4, 0.5) is 22.0 Å². The summed E-state index contributed by atoms with van der Waals surface area (Å²) in [5, 5.41) is 2.90. The second-order valence-corrected chi connectivity index (χ2v) is 10.2. The van der Waals surface area contributed by atoms with Gasteiger partial charge in [-0.25, -0.2) is 4.79 Å². The topological polar surface area (TPSA) is 114 Å². The molecule has 0 fully saturated rings. The van der Waals surface area contributed by atoms with Gasteiger partial charge in [0, 0.05) is 35.9 Å². The van der Waals surface area contributed by atoms with Crippen LogP contribution in [-0.4, -0.2) is 43.2 Å². The highest BCUT2D eigenvalue weighted by molar-refractivity contribution is 5.91. The highest BCUT2D eigenvalue weighted by atomic mass is 19.4. The van der Waals surface area contributed by atoms with Crippen LogP contribution in [0.1, 0.15) is 52.7 Å². The molecule has 0 aliphatic carbocycles. The smallest absolute Gasteiger partial charge is 0.492 e. The highest BCUT2D eigenvalue weighted by Crippen LogP contribution is 2.50. The maximum absolute atomic E-state index is 13.8. The molecule has 3 aliphatic heterocycles. The molecule has 226 valence electrons. The number of rotatable bonds is 5. The van der Waals surface area contributed by atoms with Gasteiger partial charge in [0.1, 0.15) is 35.4 Å². The molecule has 2 aromatic carbocycles. The number of fused-ring (bicyclic) bond motifs is 3. The molecule has 1 aromatic heterocycles. The Balaban J connectivity index is 1.31. The SMILES string of the molecule is COC(=O)c1ccc([C@H]2C[C@@H](NC(=O)[C@@]3(C)COc4cc5c(cc43)OC(F)(F)O5)c3ccc(OC(F)(F)F)cc3O2)nc1. The van der Waals surface area contributed by atoms with E-state index in [0.717, 1.165) is 12.1 Å². The largest absolute Gasteiger partial charge is 0.586 e.